The predicted octanol–water partition coefficient (Wildman–Crippen LogP) is 4.82. The second-order valence-electron chi connectivity index (χ2n) is 8.04. The summed E-state index contributed by atoms with van der Waals surface area (Å²) in [6.07, 6.45) is 4.27. The van der Waals surface area contributed by atoms with Crippen LogP contribution in [0.25, 0.3) is 10.9 Å². The molecular weight excluding hydrogens is 390 g/mol. The van der Waals surface area contributed by atoms with Gasteiger partial charge in [-0.1, -0.05) is 12.1 Å². The maximum absolute atomic E-state index is 5.70. The zero-order chi connectivity index (χ0) is 21.6. The minimum atomic E-state index is 0.501. The van der Waals surface area contributed by atoms with Gasteiger partial charge in [-0.2, -0.15) is 0 Å². The number of hydrogen-bond donors (Lipinski definition) is 1. The molecule has 2 aromatic carbocycles. The van der Waals surface area contributed by atoms with Crippen molar-refractivity contribution in [2.45, 2.75) is 18.8 Å². The molecule has 6 heteroatoms. The van der Waals surface area contributed by atoms with Crippen LogP contribution in [0.5, 0.6) is 11.5 Å². The minimum absolute atomic E-state index is 0.501. The number of nitrogens with one attached hydrogen (secondary N) is 1. The van der Waals surface area contributed by atoms with Crippen molar-refractivity contribution >= 4 is 22.3 Å². The van der Waals surface area contributed by atoms with E-state index in [2.05, 4.69) is 40.4 Å². The van der Waals surface area contributed by atoms with E-state index in [4.69, 9.17) is 14.2 Å². The van der Waals surface area contributed by atoms with Gasteiger partial charge in [0.25, 0.3) is 0 Å². The third-order valence-electron chi connectivity index (χ3n) is 5.96. The van der Waals surface area contributed by atoms with Crippen LogP contribution in [0.15, 0.2) is 48.7 Å². The molecule has 0 amide bonds. The molecule has 164 valence electrons. The Bertz CT molecular complexity index is 1020. The van der Waals surface area contributed by atoms with Crippen LogP contribution in [0.2, 0.25) is 0 Å². The lowest BCUT2D eigenvalue weighted by Gasteiger charge is -2.29. The van der Waals surface area contributed by atoms with E-state index in [1.807, 2.05) is 30.5 Å². The van der Waals surface area contributed by atoms with Crippen molar-refractivity contribution < 1.29 is 14.2 Å². The molecule has 3 aromatic rings. The van der Waals surface area contributed by atoms with Crippen molar-refractivity contribution in [1.29, 1.82) is 0 Å². The zero-order valence-electron chi connectivity index (χ0n) is 18.6. The molecule has 31 heavy (non-hydrogen) atoms. The van der Waals surface area contributed by atoms with Gasteiger partial charge in [0.15, 0.2) is 0 Å². The van der Waals surface area contributed by atoms with E-state index in [1.165, 1.54) is 18.4 Å². The van der Waals surface area contributed by atoms with Gasteiger partial charge in [-0.3, -0.25) is 4.98 Å². The number of benzene rings is 2. The first-order valence-electron chi connectivity index (χ1n) is 10.8. The van der Waals surface area contributed by atoms with Crippen LogP contribution in [0.4, 0.5) is 11.4 Å². The maximum Gasteiger partial charge on any atom is 0.145 e. The van der Waals surface area contributed by atoms with Gasteiger partial charge in [-0.15, -0.1) is 0 Å². The summed E-state index contributed by atoms with van der Waals surface area (Å²) in [5, 5.41) is 4.61. The van der Waals surface area contributed by atoms with Crippen LogP contribution in [0.3, 0.4) is 0 Å². The average molecular weight is 422 g/mol. The SMILES string of the molecule is COCCOc1ccc(Nc2ccnc3cc(C4CCN(C)CC4)ccc23)c(OC)c1. The van der Waals surface area contributed by atoms with Gasteiger partial charge in [0.2, 0.25) is 0 Å². The molecule has 1 fully saturated rings. The van der Waals surface area contributed by atoms with Gasteiger partial charge >= 0.3 is 0 Å². The molecule has 4 rings (SSSR count). The first-order chi connectivity index (χ1) is 15.2. The van der Waals surface area contributed by atoms with Gasteiger partial charge < -0.3 is 24.4 Å². The highest BCUT2D eigenvalue weighted by Gasteiger charge is 2.19. The summed E-state index contributed by atoms with van der Waals surface area (Å²) in [6, 6.07) is 14.5. The molecule has 0 aliphatic carbocycles. The number of piperidine rings is 1. The highest BCUT2D eigenvalue weighted by atomic mass is 16.5. The zero-order valence-corrected chi connectivity index (χ0v) is 18.6. The normalized spacial score (nSPS) is 15.2. The van der Waals surface area contributed by atoms with Crippen LogP contribution in [-0.4, -0.2) is 57.5 Å². The third kappa shape index (κ3) is 5.09. The number of aromatic nitrogens is 1. The van der Waals surface area contributed by atoms with E-state index in [-0.39, 0.29) is 0 Å². The maximum atomic E-state index is 5.70. The highest BCUT2D eigenvalue weighted by molar-refractivity contribution is 5.93. The van der Waals surface area contributed by atoms with Crippen molar-refractivity contribution in [3.63, 3.8) is 0 Å². The molecule has 1 aliphatic heterocycles. The lowest BCUT2D eigenvalue weighted by molar-refractivity contribution is 0.146. The molecule has 2 heterocycles. The molecule has 0 saturated carbocycles. The number of rotatable bonds is 8. The van der Waals surface area contributed by atoms with E-state index in [0.29, 0.717) is 19.1 Å². The number of ether oxygens (including phenoxy) is 3. The topological polar surface area (TPSA) is 55.9 Å². The Hall–Kier alpha value is -2.83. The molecule has 0 atom stereocenters. The lowest BCUT2D eigenvalue weighted by atomic mass is 9.89. The molecule has 6 nitrogen and oxygen atoms in total. The number of pyridine rings is 1. The van der Waals surface area contributed by atoms with E-state index < -0.39 is 0 Å². The Kier molecular flexibility index (Phi) is 6.89. The number of anilines is 2. The summed E-state index contributed by atoms with van der Waals surface area (Å²) in [4.78, 5) is 7.04. The second-order valence-corrected chi connectivity index (χ2v) is 8.04. The number of nitrogens with zero attached hydrogens (tertiary/aromatic N) is 2. The van der Waals surface area contributed by atoms with Crippen molar-refractivity contribution in [2.75, 3.05) is 52.9 Å². The molecule has 1 aromatic heterocycles. The predicted molar refractivity (Wildman–Crippen MR) is 125 cm³/mol. The Morgan fingerprint density at radius 3 is 2.61 bits per heavy atom. The standard InChI is InChI=1S/C25H31N3O3/c1-28-12-9-18(10-13-28)19-4-6-21-22(8-11-26-24(21)16-19)27-23-7-5-20(17-25(23)30-3)31-15-14-29-2/h4-8,11,16-18H,9-10,12-15H2,1-3H3,(H,26,27). The average Bonchev–Trinajstić information content (AvgIpc) is 2.80. The highest BCUT2D eigenvalue weighted by Crippen LogP contribution is 2.35. The Balaban J connectivity index is 1.55. The third-order valence-corrected chi connectivity index (χ3v) is 5.96. The van der Waals surface area contributed by atoms with Crippen molar-refractivity contribution in [2.24, 2.45) is 0 Å². The Labute approximate surface area is 184 Å². The summed E-state index contributed by atoms with van der Waals surface area (Å²) in [5.41, 5.74) is 4.29. The molecule has 0 spiro atoms. The number of hydrogen-bond acceptors (Lipinski definition) is 6. The quantitative estimate of drug-likeness (QED) is 0.526. The molecule has 1 saturated heterocycles. The summed E-state index contributed by atoms with van der Waals surface area (Å²) in [6.45, 7) is 3.36. The van der Waals surface area contributed by atoms with E-state index in [1.54, 1.807) is 14.2 Å². The summed E-state index contributed by atoms with van der Waals surface area (Å²) in [5.74, 6) is 2.09. The van der Waals surface area contributed by atoms with E-state index >= 15 is 0 Å². The summed E-state index contributed by atoms with van der Waals surface area (Å²) in [7, 11) is 5.52. The van der Waals surface area contributed by atoms with Crippen molar-refractivity contribution in [3.05, 3.63) is 54.2 Å². The first kappa shape index (κ1) is 21.4. The molecule has 1 N–H and O–H groups in total. The summed E-state index contributed by atoms with van der Waals surface area (Å²) < 4.78 is 16.3. The molecule has 0 unspecified atom stereocenters. The van der Waals surface area contributed by atoms with Crippen molar-refractivity contribution in [1.82, 2.24) is 9.88 Å². The van der Waals surface area contributed by atoms with Gasteiger partial charge in [0, 0.05) is 30.4 Å². The fraction of sp³-hybridized carbons (Fsp3) is 0.400. The summed E-state index contributed by atoms with van der Waals surface area (Å²) >= 11 is 0. The lowest BCUT2D eigenvalue weighted by Crippen LogP contribution is -2.29. The first-order valence-corrected chi connectivity index (χ1v) is 10.8. The molecular formula is C25H31N3O3. The van der Waals surface area contributed by atoms with Gasteiger partial charge in [0.05, 0.1) is 24.9 Å². The van der Waals surface area contributed by atoms with E-state index in [0.717, 1.165) is 46.9 Å². The number of likely N-dealkylation sites (tertiary alicyclic amines) is 1. The Morgan fingerprint density at radius 1 is 1.00 bits per heavy atom. The van der Waals surface area contributed by atoms with Gasteiger partial charge in [0.1, 0.15) is 18.1 Å². The van der Waals surface area contributed by atoms with Gasteiger partial charge in [-0.05, 0) is 68.7 Å². The molecule has 1 aliphatic rings. The fourth-order valence-electron chi connectivity index (χ4n) is 4.12. The van der Waals surface area contributed by atoms with Crippen molar-refractivity contribution in [3.8, 4) is 11.5 Å². The Morgan fingerprint density at radius 2 is 1.84 bits per heavy atom. The largest absolute Gasteiger partial charge is 0.494 e. The van der Waals surface area contributed by atoms with E-state index in [9.17, 15) is 0 Å². The smallest absolute Gasteiger partial charge is 0.145 e. The van der Waals surface area contributed by atoms with Crippen LogP contribution < -0.4 is 14.8 Å². The van der Waals surface area contributed by atoms with Gasteiger partial charge in [-0.25, -0.2) is 0 Å². The number of fused-ring (bicyclic) bond motifs is 1. The molecule has 0 radical (unpaired) electrons. The number of methoxy groups -OCH3 is 2. The van der Waals surface area contributed by atoms with Crippen LogP contribution in [0, 0.1) is 0 Å². The van der Waals surface area contributed by atoms with Crippen LogP contribution in [-0.2, 0) is 4.74 Å². The van der Waals surface area contributed by atoms with Crippen LogP contribution in [0.1, 0.15) is 24.3 Å². The van der Waals surface area contributed by atoms with Crippen LogP contribution >= 0.6 is 0 Å². The molecule has 0 bridgehead atoms. The second kappa shape index (κ2) is 9.98. The monoisotopic (exact) mass is 421 g/mol. The minimum Gasteiger partial charge on any atom is -0.494 e. The fourth-order valence-corrected chi connectivity index (χ4v) is 4.12.